The van der Waals surface area contributed by atoms with Gasteiger partial charge in [0.2, 0.25) is 0 Å². The number of anilines is 2. The number of halogens is 3. The topological polar surface area (TPSA) is 82.2 Å². The van der Waals surface area contributed by atoms with E-state index in [-0.39, 0.29) is 17.7 Å². The van der Waals surface area contributed by atoms with Gasteiger partial charge in [0, 0.05) is 49.3 Å². The number of nitrogens with one attached hydrogen (secondary N) is 1. The van der Waals surface area contributed by atoms with Gasteiger partial charge in [-0.2, -0.15) is 22.8 Å². The number of benzene rings is 1. The molecule has 3 aromatic rings. The summed E-state index contributed by atoms with van der Waals surface area (Å²) < 4.78 is 38.8. The van der Waals surface area contributed by atoms with Gasteiger partial charge < -0.3 is 14.8 Å². The molecule has 1 saturated heterocycles. The average Bonchev–Trinajstić information content (AvgIpc) is 3.17. The maximum absolute atomic E-state index is 12.9. The molecule has 1 fully saturated rings. The molecule has 1 aliphatic rings. The first kappa shape index (κ1) is 23.0. The lowest BCUT2D eigenvalue weighted by atomic mass is 10.2. The molecule has 0 radical (unpaired) electrons. The van der Waals surface area contributed by atoms with E-state index in [0.717, 1.165) is 32.0 Å². The van der Waals surface area contributed by atoms with Crippen LogP contribution < -0.4 is 9.80 Å². The molecule has 0 atom stereocenters. The lowest BCUT2D eigenvalue weighted by Gasteiger charge is -2.36. The largest absolute Gasteiger partial charge is 0.435 e. The fraction of sp³-hybridized carbons (Fsp3) is 0.318. The van der Waals surface area contributed by atoms with Gasteiger partial charge in [-0.1, -0.05) is 17.7 Å². The Bertz CT molecular complexity index is 1060. The molecular formula is C22H22F3N5O2. The highest BCUT2D eigenvalue weighted by Gasteiger charge is 2.36. The van der Waals surface area contributed by atoms with Crippen LogP contribution in [0, 0.1) is 13.8 Å². The zero-order valence-electron chi connectivity index (χ0n) is 17.6. The van der Waals surface area contributed by atoms with E-state index in [4.69, 9.17) is 9.59 Å². The molecule has 0 unspecified atom stereocenters. The minimum atomic E-state index is -4.47. The van der Waals surface area contributed by atoms with Crippen molar-refractivity contribution in [2.24, 2.45) is 0 Å². The van der Waals surface area contributed by atoms with Crippen molar-refractivity contribution < 1.29 is 22.8 Å². The Hall–Kier alpha value is -3.65. The fourth-order valence-corrected chi connectivity index (χ4v) is 3.54. The maximum atomic E-state index is 12.9. The van der Waals surface area contributed by atoms with Crippen LogP contribution in [-0.2, 0) is 15.8 Å². The molecule has 0 aliphatic carbocycles. The van der Waals surface area contributed by atoms with E-state index in [1.54, 1.807) is 12.3 Å². The summed E-state index contributed by atoms with van der Waals surface area (Å²) in [4.78, 5) is 31.6. The van der Waals surface area contributed by atoms with E-state index in [9.17, 15) is 13.2 Å². The fourth-order valence-electron chi connectivity index (χ4n) is 3.54. The number of H-pyrrole nitrogens is 1. The minimum absolute atomic E-state index is 0.00352. The van der Waals surface area contributed by atoms with Crippen molar-refractivity contribution in [3.05, 3.63) is 59.5 Å². The van der Waals surface area contributed by atoms with Gasteiger partial charge in [-0.15, -0.1) is 0 Å². The Labute approximate surface area is 182 Å². The van der Waals surface area contributed by atoms with Crippen molar-refractivity contribution in [1.29, 1.82) is 0 Å². The van der Waals surface area contributed by atoms with Gasteiger partial charge in [-0.05, 0) is 38.1 Å². The molecule has 0 bridgehead atoms. The van der Waals surface area contributed by atoms with Crippen LogP contribution in [0.15, 0.2) is 42.6 Å². The normalized spacial score (nSPS) is 13.9. The highest BCUT2D eigenvalue weighted by Crippen LogP contribution is 2.32. The van der Waals surface area contributed by atoms with Gasteiger partial charge in [-0.3, -0.25) is 0 Å². The second-order valence-electron chi connectivity index (χ2n) is 7.35. The third-order valence-corrected chi connectivity index (χ3v) is 5.18. The summed E-state index contributed by atoms with van der Waals surface area (Å²) >= 11 is 0. The second-order valence-corrected chi connectivity index (χ2v) is 7.35. The van der Waals surface area contributed by atoms with Crippen LogP contribution in [-0.4, -0.2) is 47.3 Å². The zero-order valence-corrected chi connectivity index (χ0v) is 17.6. The lowest BCUT2D eigenvalue weighted by Crippen LogP contribution is -2.46. The van der Waals surface area contributed by atoms with E-state index in [0.29, 0.717) is 5.56 Å². The van der Waals surface area contributed by atoms with Crippen molar-refractivity contribution in [2.45, 2.75) is 20.0 Å². The standard InChI is InChI=1S/C21H22F3N5.CO2/c1-14-3-6-17(7-4-14)28-9-11-29(12-10-28)18-8-5-16(13-25-18)20-26-15(2)19(27-20)21(22,23)24;2-1-3/h3-8,13H,9-12H2,1-2H3,(H,26,27);. The average molecular weight is 445 g/mol. The van der Waals surface area contributed by atoms with Crippen LogP contribution in [0.1, 0.15) is 17.0 Å². The van der Waals surface area contributed by atoms with Crippen molar-refractivity contribution >= 4 is 17.7 Å². The molecule has 32 heavy (non-hydrogen) atoms. The summed E-state index contributed by atoms with van der Waals surface area (Å²) in [6.07, 6.45) is -2.65. The predicted octanol–water partition coefficient (Wildman–Crippen LogP) is 3.85. The molecule has 1 aromatic carbocycles. The number of aryl methyl sites for hydroxylation is 2. The SMILES string of the molecule is Cc1ccc(N2CCN(c3ccc(-c4nc(C(F)(F)F)c(C)[nH]4)cn3)CC2)cc1.O=C=O. The number of pyridine rings is 1. The second kappa shape index (κ2) is 9.65. The Morgan fingerprint density at radius 1 is 0.938 bits per heavy atom. The van der Waals surface area contributed by atoms with Gasteiger partial charge in [0.15, 0.2) is 5.69 Å². The zero-order chi connectivity index (χ0) is 23.3. The Morgan fingerprint density at radius 3 is 2.03 bits per heavy atom. The predicted molar refractivity (Wildman–Crippen MR) is 112 cm³/mol. The van der Waals surface area contributed by atoms with Gasteiger partial charge in [0.05, 0.1) is 0 Å². The number of piperazine rings is 1. The number of nitrogens with zero attached hydrogens (tertiary/aromatic N) is 4. The van der Waals surface area contributed by atoms with Crippen LogP contribution in [0.5, 0.6) is 0 Å². The van der Waals surface area contributed by atoms with Crippen molar-refractivity contribution in [2.75, 3.05) is 36.0 Å². The monoisotopic (exact) mass is 445 g/mol. The lowest BCUT2D eigenvalue weighted by molar-refractivity contribution is -0.191. The van der Waals surface area contributed by atoms with Crippen molar-refractivity contribution in [1.82, 2.24) is 15.0 Å². The summed E-state index contributed by atoms with van der Waals surface area (Å²) in [5.41, 5.74) is 2.11. The molecule has 0 amide bonds. The molecule has 10 heteroatoms. The molecule has 2 aromatic heterocycles. The Kier molecular flexibility index (Phi) is 6.95. The van der Waals surface area contributed by atoms with Crippen LogP contribution in [0.2, 0.25) is 0 Å². The number of rotatable bonds is 3. The van der Waals surface area contributed by atoms with Gasteiger partial charge in [-0.25, -0.2) is 9.97 Å². The number of imidazole rings is 1. The highest BCUT2D eigenvalue weighted by molar-refractivity contribution is 5.58. The number of alkyl halides is 3. The van der Waals surface area contributed by atoms with E-state index >= 15 is 0 Å². The van der Waals surface area contributed by atoms with E-state index in [1.807, 2.05) is 6.07 Å². The third-order valence-electron chi connectivity index (χ3n) is 5.18. The summed E-state index contributed by atoms with van der Waals surface area (Å²) in [5.74, 6) is 0.995. The molecule has 0 spiro atoms. The van der Waals surface area contributed by atoms with Crippen molar-refractivity contribution in [3.63, 3.8) is 0 Å². The molecule has 1 N–H and O–H groups in total. The van der Waals surface area contributed by atoms with Gasteiger partial charge in [0.1, 0.15) is 11.6 Å². The number of aromatic nitrogens is 3. The molecule has 0 saturated carbocycles. The van der Waals surface area contributed by atoms with Crippen LogP contribution >= 0.6 is 0 Å². The molecule has 1 aliphatic heterocycles. The van der Waals surface area contributed by atoms with E-state index in [2.05, 4.69) is 55.9 Å². The number of aromatic amines is 1. The minimum Gasteiger partial charge on any atom is -0.368 e. The first-order chi connectivity index (χ1) is 15.2. The first-order valence-corrected chi connectivity index (χ1v) is 9.89. The molecule has 3 heterocycles. The quantitative estimate of drug-likeness (QED) is 0.660. The molecule has 4 rings (SSSR count). The summed E-state index contributed by atoms with van der Waals surface area (Å²) in [6, 6.07) is 12.1. The number of hydrogen-bond acceptors (Lipinski definition) is 6. The van der Waals surface area contributed by atoms with Crippen LogP contribution in [0.4, 0.5) is 24.7 Å². The highest BCUT2D eigenvalue weighted by atomic mass is 19.4. The summed E-state index contributed by atoms with van der Waals surface area (Å²) in [7, 11) is 0. The maximum Gasteiger partial charge on any atom is 0.435 e. The van der Waals surface area contributed by atoms with E-state index < -0.39 is 11.9 Å². The van der Waals surface area contributed by atoms with Gasteiger partial charge >= 0.3 is 12.3 Å². The number of hydrogen-bond donors (Lipinski definition) is 1. The summed E-state index contributed by atoms with van der Waals surface area (Å²) in [6.45, 7) is 6.88. The van der Waals surface area contributed by atoms with Crippen LogP contribution in [0.3, 0.4) is 0 Å². The molecule has 7 nitrogen and oxygen atoms in total. The smallest absolute Gasteiger partial charge is 0.368 e. The summed E-state index contributed by atoms with van der Waals surface area (Å²) in [5, 5.41) is 0. The van der Waals surface area contributed by atoms with Crippen LogP contribution in [0.25, 0.3) is 11.4 Å². The molecule has 168 valence electrons. The first-order valence-electron chi connectivity index (χ1n) is 9.89. The van der Waals surface area contributed by atoms with Gasteiger partial charge in [0.25, 0.3) is 0 Å². The molecular weight excluding hydrogens is 423 g/mol. The number of carbonyl (C=O) groups excluding carboxylic acids is 2. The Balaban J connectivity index is 0.000000913. The van der Waals surface area contributed by atoms with Crippen molar-refractivity contribution in [3.8, 4) is 11.4 Å². The van der Waals surface area contributed by atoms with E-state index in [1.165, 1.54) is 18.2 Å². The third kappa shape index (κ3) is 5.33. The Morgan fingerprint density at radius 2 is 1.53 bits per heavy atom.